The van der Waals surface area contributed by atoms with E-state index >= 15 is 0 Å². The Morgan fingerprint density at radius 1 is 1.67 bits per heavy atom. The van der Waals surface area contributed by atoms with Crippen molar-refractivity contribution < 1.29 is 0 Å². The van der Waals surface area contributed by atoms with Gasteiger partial charge in [-0.3, -0.25) is 4.79 Å². The van der Waals surface area contributed by atoms with Gasteiger partial charge in [0, 0.05) is 12.3 Å². The minimum atomic E-state index is -0.178. The Bertz CT molecular complexity index is 270. The molecule has 0 bridgehead atoms. The minimum Gasteiger partial charge on any atom is -0.354 e. The van der Waals surface area contributed by atoms with Gasteiger partial charge in [0.05, 0.1) is 4.60 Å². The van der Waals surface area contributed by atoms with E-state index in [4.69, 9.17) is 11.6 Å². The van der Waals surface area contributed by atoms with Crippen molar-refractivity contribution >= 4 is 27.5 Å². The Morgan fingerprint density at radius 2 is 2.33 bits per heavy atom. The first kappa shape index (κ1) is 6.83. The predicted octanol–water partition coefficient (Wildman–Crippen LogP) is 1.79. The summed E-state index contributed by atoms with van der Waals surface area (Å²) >= 11 is 8.50. The maximum absolute atomic E-state index is 10.7. The van der Waals surface area contributed by atoms with E-state index in [0.717, 1.165) is 0 Å². The summed E-state index contributed by atoms with van der Waals surface area (Å²) in [5.74, 6) is 0. The second kappa shape index (κ2) is 2.54. The molecule has 4 heteroatoms. The van der Waals surface area contributed by atoms with Gasteiger partial charge in [-0.25, -0.2) is 0 Å². The molecule has 0 saturated carbocycles. The highest BCUT2D eigenvalue weighted by Crippen LogP contribution is 2.03. The molecule has 0 fully saturated rings. The van der Waals surface area contributed by atoms with Crippen LogP contribution in [0.15, 0.2) is 21.7 Å². The van der Waals surface area contributed by atoms with E-state index in [2.05, 4.69) is 20.9 Å². The zero-order valence-electron chi connectivity index (χ0n) is 4.32. The summed E-state index contributed by atoms with van der Waals surface area (Å²) in [6, 6.07) is 1.38. The fourth-order valence-corrected chi connectivity index (χ4v) is 0.861. The lowest BCUT2D eigenvalue weighted by molar-refractivity contribution is 1.25. The van der Waals surface area contributed by atoms with Gasteiger partial charge in [0.25, 0.3) is 0 Å². The molecule has 0 aromatic carbocycles. The molecular formula is C5H3BrClNO. The summed E-state index contributed by atoms with van der Waals surface area (Å²) in [6.07, 6.45) is 1.44. The van der Waals surface area contributed by atoms with Crippen molar-refractivity contribution in [2.75, 3.05) is 0 Å². The van der Waals surface area contributed by atoms with Crippen molar-refractivity contribution in [1.29, 1.82) is 0 Å². The van der Waals surface area contributed by atoms with Crippen LogP contribution < -0.4 is 5.43 Å². The largest absolute Gasteiger partial charge is 0.354 e. The van der Waals surface area contributed by atoms with Crippen molar-refractivity contribution in [2.45, 2.75) is 0 Å². The van der Waals surface area contributed by atoms with Crippen LogP contribution in [0.3, 0.4) is 0 Å². The highest BCUT2D eigenvalue weighted by Gasteiger charge is 1.92. The molecule has 1 heterocycles. The fraction of sp³-hybridized carbons (Fsp3) is 0. The fourth-order valence-electron chi connectivity index (χ4n) is 0.429. The average molecular weight is 208 g/mol. The van der Waals surface area contributed by atoms with E-state index in [0.29, 0.717) is 4.60 Å². The first-order valence-corrected chi connectivity index (χ1v) is 3.41. The van der Waals surface area contributed by atoms with Crippen molar-refractivity contribution in [3.63, 3.8) is 0 Å². The van der Waals surface area contributed by atoms with Crippen LogP contribution in [0.4, 0.5) is 0 Å². The third kappa shape index (κ3) is 1.56. The molecule has 0 aliphatic rings. The zero-order valence-corrected chi connectivity index (χ0v) is 6.66. The van der Waals surface area contributed by atoms with Crippen molar-refractivity contribution in [1.82, 2.24) is 4.98 Å². The van der Waals surface area contributed by atoms with Crippen LogP contribution in [-0.4, -0.2) is 4.98 Å². The predicted molar refractivity (Wildman–Crippen MR) is 39.8 cm³/mol. The highest BCUT2D eigenvalue weighted by atomic mass is 79.9. The number of nitrogens with one attached hydrogen (secondary N) is 1. The molecule has 48 valence electrons. The number of hydrogen-bond donors (Lipinski definition) is 1. The standard InChI is InChI=1S/C5H3BrClNO/c6-5-1-4(9)3(7)2-8-5/h1-2H,(H,8,9). The molecule has 1 N–H and O–H groups in total. The number of rotatable bonds is 0. The van der Waals surface area contributed by atoms with E-state index in [9.17, 15) is 4.79 Å². The van der Waals surface area contributed by atoms with Gasteiger partial charge >= 0.3 is 0 Å². The third-order valence-electron chi connectivity index (χ3n) is 0.830. The molecule has 0 atom stereocenters. The molecule has 0 amide bonds. The highest BCUT2D eigenvalue weighted by molar-refractivity contribution is 9.10. The van der Waals surface area contributed by atoms with Gasteiger partial charge in [-0.1, -0.05) is 11.6 Å². The maximum Gasteiger partial charge on any atom is 0.201 e. The van der Waals surface area contributed by atoms with Gasteiger partial charge in [0.15, 0.2) is 0 Å². The normalized spacial score (nSPS) is 9.56. The minimum absolute atomic E-state index is 0.178. The second-order valence-corrected chi connectivity index (χ2v) is 2.75. The van der Waals surface area contributed by atoms with Crippen molar-refractivity contribution in [2.24, 2.45) is 0 Å². The number of hydrogen-bond acceptors (Lipinski definition) is 1. The van der Waals surface area contributed by atoms with Crippen LogP contribution >= 0.6 is 27.5 Å². The van der Waals surface area contributed by atoms with E-state index in [1.807, 2.05) is 0 Å². The van der Waals surface area contributed by atoms with Crippen LogP contribution in [0.2, 0.25) is 5.02 Å². The molecule has 0 aliphatic heterocycles. The molecule has 1 aromatic rings. The van der Waals surface area contributed by atoms with Gasteiger partial charge in [0.2, 0.25) is 5.43 Å². The van der Waals surface area contributed by atoms with E-state index in [1.165, 1.54) is 12.3 Å². The summed E-state index contributed by atoms with van der Waals surface area (Å²) in [5.41, 5.74) is -0.178. The lowest BCUT2D eigenvalue weighted by atomic mass is 10.5. The molecule has 2 nitrogen and oxygen atoms in total. The van der Waals surface area contributed by atoms with E-state index in [1.54, 1.807) is 0 Å². The van der Waals surface area contributed by atoms with Crippen LogP contribution in [0.1, 0.15) is 0 Å². The molecule has 0 saturated heterocycles. The Labute approximate surface area is 65.0 Å². The Balaban J connectivity index is 3.34. The van der Waals surface area contributed by atoms with Gasteiger partial charge in [-0.15, -0.1) is 0 Å². The van der Waals surface area contributed by atoms with E-state index in [-0.39, 0.29) is 10.5 Å². The molecule has 1 aromatic heterocycles. The van der Waals surface area contributed by atoms with Crippen LogP contribution in [0, 0.1) is 0 Å². The Morgan fingerprint density at radius 3 is 2.78 bits per heavy atom. The Hall–Kier alpha value is -0.280. The second-order valence-electron chi connectivity index (χ2n) is 1.49. The molecule has 0 spiro atoms. The monoisotopic (exact) mass is 207 g/mol. The van der Waals surface area contributed by atoms with Gasteiger partial charge < -0.3 is 4.98 Å². The van der Waals surface area contributed by atoms with Gasteiger partial charge in [0.1, 0.15) is 5.02 Å². The van der Waals surface area contributed by atoms with Crippen molar-refractivity contribution in [3.05, 3.63) is 32.1 Å². The SMILES string of the molecule is O=c1cc(Br)[nH]cc1Cl. The first-order valence-electron chi connectivity index (χ1n) is 2.24. The first-order chi connectivity index (χ1) is 4.20. The lowest BCUT2D eigenvalue weighted by Crippen LogP contribution is -1.98. The van der Waals surface area contributed by atoms with Crippen molar-refractivity contribution in [3.8, 4) is 0 Å². The summed E-state index contributed by atoms with van der Waals surface area (Å²) < 4.78 is 0.636. The molecule has 9 heavy (non-hydrogen) atoms. The van der Waals surface area contributed by atoms with Gasteiger partial charge in [-0.05, 0) is 15.9 Å². The number of H-pyrrole nitrogens is 1. The average Bonchev–Trinajstić information content (AvgIpc) is 1.80. The van der Waals surface area contributed by atoms with Crippen LogP contribution in [0.25, 0.3) is 0 Å². The smallest absolute Gasteiger partial charge is 0.201 e. The third-order valence-corrected chi connectivity index (χ3v) is 1.58. The summed E-state index contributed by atoms with van der Waals surface area (Å²) in [4.78, 5) is 13.4. The van der Waals surface area contributed by atoms with Crippen LogP contribution in [0.5, 0.6) is 0 Å². The zero-order chi connectivity index (χ0) is 6.85. The topological polar surface area (TPSA) is 32.9 Å². The summed E-state index contributed by atoms with van der Waals surface area (Å²) in [7, 11) is 0. The number of aromatic nitrogens is 1. The molecule has 0 radical (unpaired) electrons. The van der Waals surface area contributed by atoms with E-state index < -0.39 is 0 Å². The summed E-state index contributed by atoms with van der Waals surface area (Å²) in [5, 5.41) is 0.207. The Kier molecular flexibility index (Phi) is 1.93. The number of aromatic amines is 1. The van der Waals surface area contributed by atoms with Gasteiger partial charge in [-0.2, -0.15) is 0 Å². The quantitative estimate of drug-likeness (QED) is 0.648. The molecule has 0 unspecified atom stereocenters. The maximum atomic E-state index is 10.7. The van der Waals surface area contributed by atoms with Crippen LogP contribution in [-0.2, 0) is 0 Å². The molecule has 1 rings (SSSR count). The molecular weight excluding hydrogens is 205 g/mol. The lowest BCUT2D eigenvalue weighted by Gasteiger charge is -1.87. The number of pyridine rings is 1. The number of halogens is 2. The summed E-state index contributed by atoms with van der Waals surface area (Å²) in [6.45, 7) is 0. The molecule has 0 aliphatic carbocycles.